The molecule has 86 valence electrons. The second kappa shape index (κ2) is 3.77. The number of nitrogens with one attached hydrogen (secondary N) is 1. The number of pyridine rings is 1. The summed E-state index contributed by atoms with van der Waals surface area (Å²) >= 11 is 0. The predicted octanol–water partition coefficient (Wildman–Crippen LogP) is 2.09. The van der Waals surface area contributed by atoms with E-state index >= 15 is 0 Å². The zero-order chi connectivity index (χ0) is 11.8. The molecule has 0 aliphatic carbocycles. The molecule has 0 atom stereocenters. The van der Waals surface area contributed by atoms with Crippen LogP contribution in [0.5, 0.6) is 0 Å². The summed E-state index contributed by atoms with van der Waals surface area (Å²) in [6.07, 6.45) is 2.71. The van der Waals surface area contributed by atoms with E-state index < -0.39 is 0 Å². The van der Waals surface area contributed by atoms with E-state index in [2.05, 4.69) is 10.3 Å². The van der Waals surface area contributed by atoms with Crippen molar-refractivity contribution >= 4 is 11.8 Å². The lowest BCUT2D eigenvalue weighted by Gasteiger charge is -2.37. The van der Waals surface area contributed by atoms with Crippen LogP contribution in [0, 0.1) is 6.92 Å². The maximum absolute atomic E-state index is 11.9. The van der Waals surface area contributed by atoms with E-state index in [1.807, 2.05) is 32.9 Å². The highest BCUT2D eigenvalue weighted by Crippen LogP contribution is 2.20. The summed E-state index contributed by atoms with van der Waals surface area (Å²) in [7, 11) is 0. The standard InChI is InChI=1S/C12H17N3O/c1-9-4-5-10(13-8-9)15-7-6-12(2,3)14-11(15)16/h4-5,8H,6-7H2,1-3H3,(H,14,16). The van der Waals surface area contributed by atoms with E-state index in [0.29, 0.717) is 0 Å². The monoisotopic (exact) mass is 219 g/mol. The van der Waals surface area contributed by atoms with Gasteiger partial charge in [-0.3, -0.25) is 4.90 Å². The number of carbonyl (C=O) groups is 1. The van der Waals surface area contributed by atoms with Crippen LogP contribution in [0.2, 0.25) is 0 Å². The molecule has 2 heterocycles. The number of aryl methyl sites for hydroxylation is 1. The van der Waals surface area contributed by atoms with Gasteiger partial charge in [0.1, 0.15) is 5.82 Å². The van der Waals surface area contributed by atoms with Gasteiger partial charge in [-0.05, 0) is 38.8 Å². The molecule has 4 heteroatoms. The van der Waals surface area contributed by atoms with Crippen LogP contribution >= 0.6 is 0 Å². The number of amides is 2. The molecule has 0 spiro atoms. The number of nitrogens with zero attached hydrogens (tertiary/aromatic N) is 2. The Morgan fingerprint density at radius 3 is 2.75 bits per heavy atom. The fourth-order valence-electron chi connectivity index (χ4n) is 1.75. The van der Waals surface area contributed by atoms with Crippen molar-refractivity contribution in [2.24, 2.45) is 0 Å². The van der Waals surface area contributed by atoms with Crippen molar-refractivity contribution in [3.8, 4) is 0 Å². The van der Waals surface area contributed by atoms with Gasteiger partial charge in [-0.15, -0.1) is 0 Å². The van der Waals surface area contributed by atoms with E-state index in [9.17, 15) is 4.79 Å². The molecule has 16 heavy (non-hydrogen) atoms. The molecule has 2 amide bonds. The second-order valence-electron chi connectivity index (χ2n) is 4.91. The molecule has 0 bridgehead atoms. The van der Waals surface area contributed by atoms with E-state index in [0.717, 1.165) is 24.3 Å². The van der Waals surface area contributed by atoms with Crippen LogP contribution in [0.4, 0.5) is 10.6 Å². The molecule has 4 nitrogen and oxygen atoms in total. The first-order valence-corrected chi connectivity index (χ1v) is 5.50. The molecule has 2 rings (SSSR count). The fourth-order valence-corrected chi connectivity index (χ4v) is 1.75. The highest BCUT2D eigenvalue weighted by Gasteiger charge is 2.31. The first-order chi connectivity index (χ1) is 7.48. The quantitative estimate of drug-likeness (QED) is 0.786. The van der Waals surface area contributed by atoms with Crippen LogP contribution < -0.4 is 10.2 Å². The summed E-state index contributed by atoms with van der Waals surface area (Å²) < 4.78 is 0. The third kappa shape index (κ3) is 2.15. The Hall–Kier alpha value is -1.58. The minimum absolute atomic E-state index is 0.0624. The van der Waals surface area contributed by atoms with Crippen molar-refractivity contribution < 1.29 is 4.79 Å². The van der Waals surface area contributed by atoms with Crippen LogP contribution in [0.15, 0.2) is 18.3 Å². The van der Waals surface area contributed by atoms with Gasteiger partial charge in [0.25, 0.3) is 0 Å². The molecular formula is C12H17N3O. The molecule has 0 radical (unpaired) electrons. The van der Waals surface area contributed by atoms with E-state index in [1.54, 1.807) is 11.1 Å². The first-order valence-electron chi connectivity index (χ1n) is 5.50. The van der Waals surface area contributed by atoms with E-state index in [-0.39, 0.29) is 11.6 Å². The number of hydrogen-bond donors (Lipinski definition) is 1. The minimum atomic E-state index is -0.113. The summed E-state index contributed by atoms with van der Waals surface area (Å²) in [5, 5.41) is 2.97. The van der Waals surface area contributed by atoms with E-state index in [1.165, 1.54) is 0 Å². The van der Waals surface area contributed by atoms with Crippen LogP contribution in [0.1, 0.15) is 25.8 Å². The van der Waals surface area contributed by atoms with Crippen molar-refractivity contribution in [2.75, 3.05) is 11.4 Å². The summed E-state index contributed by atoms with van der Waals surface area (Å²) in [6, 6.07) is 3.79. The van der Waals surface area contributed by atoms with Crippen molar-refractivity contribution in [1.82, 2.24) is 10.3 Å². The highest BCUT2D eigenvalue weighted by molar-refractivity contribution is 5.92. The zero-order valence-corrected chi connectivity index (χ0v) is 9.95. The van der Waals surface area contributed by atoms with E-state index in [4.69, 9.17) is 0 Å². The van der Waals surface area contributed by atoms with Crippen molar-refractivity contribution in [3.05, 3.63) is 23.9 Å². The lowest BCUT2D eigenvalue weighted by molar-refractivity contribution is 0.224. The Kier molecular flexibility index (Phi) is 2.58. The molecule has 1 saturated heterocycles. The first kappa shape index (κ1) is 10.9. The minimum Gasteiger partial charge on any atom is -0.333 e. The van der Waals surface area contributed by atoms with Gasteiger partial charge < -0.3 is 5.32 Å². The van der Waals surface area contributed by atoms with Crippen LogP contribution in [-0.4, -0.2) is 23.1 Å². The maximum Gasteiger partial charge on any atom is 0.323 e. The van der Waals surface area contributed by atoms with Crippen LogP contribution in [0.3, 0.4) is 0 Å². The fraction of sp³-hybridized carbons (Fsp3) is 0.500. The Labute approximate surface area is 95.7 Å². The zero-order valence-electron chi connectivity index (χ0n) is 9.95. The normalized spacial score (nSPS) is 19.4. The molecule has 1 aliphatic heterocycles. The van der Waals surface area contributed by atoms with Crippen molar-refractivity contribution in [3.63, 3.8) is 0 Å². The van der Waals surface area contributed by atoms with Gasteiger partial charge in [-0.1, -0.05) is 6.07 Å². The molecule has 0 unspecified atom stereocenters. The van der Waals surface area contributed by atoms with Gasteiger partial charge in [0, 0.05) is 18.3 Å². The number of rotatable bonds is 1. The van der Waals surface area contributed by atoms with Gasteiger partial charge in [0.05, 0.1) is 0 Å². The molecule has 1 fully saturated rings. The van der Waals surface area contributed by atoms with Gasteiger partial charge in [-0.25, -0.2) is 9.78 Å². The van der Waals surface area contributed by atoms with Crippen molar-refractivity contribution in [2.45, 2.75) is 32.7 Å². The molecule has 1 aromatic rings. The largest absolute Gasteiger partial charge is 0.333 e. The lowest BCUT2D eigenvalue weighted by atomic mass is 9.98. The molecular weight excluding hydrogens is 202 g/mol. The molecule has 0 aromatic carbocycles. The topological polar surface area (TPSA) is 45.2 Å². The number of urea groups is 1. The van der Waals surface area contributed by atoms with Gasteiger partial charge >= 0.3 is 6.03 Å². The smallest absolute Gasteiger partial charge is 0.323 e. The summed E-state index contributed by atoms with van der Waals surface area (Å²) in [6.45, 7) is 6.76. The van der Waals surface area contributed by atoms with Crippen molar-refractivity contribution in [1.29, 1.82) is 0 Å². The lowest BCUT2D eigenvalue weighted by Crippen LogP contribution is -2.57. The second-order valence-corrected chi connectivity index (χ2v) is 4.91. The molecule has 1 aromatic heterocycles. The summed E-state index contributed by atoms with van der Waals surface area (Å²) in [4.78, 5) is 17.8. The summed E-state index contributed by atoms with van der Waals surface area (Å²) in [5.74, 6) is 0.721. The number of carbonyl (C=O) groups excluding carboxylic acids is 1. The Bertz CT molecular complexity index is 397. The van der Waals surface area contributed by atoms with Crippen LogP contribution in [0.25, 0.3) is 0 Å². The molecule has 1 N–H and O–H groups in total. The third-order valence-electron chi connectivity index (χ3n) is 2.82. The third-order valence-corrected chi connectivity index (χ3v) is 2.82. The maximum atomic E-state index is 11.9. The number of anilines is 1. The Morgan fingerprint density at radius 2 is 2.19 bits per heavy atom. The van der Waals surface area contributed by atoms with Gasteiger partial charge in [-0.2, -0.15) is 0 Å². The highest BCUT2D eigenvalue weighted by atomic mass is 16.2. The Balaban J connectivity index is 2.17. The number of aromatic nitrogens is 1. The predicted molar refractivity (Wildman–Crippen MR) is 63.5 cm³/mol. The Morgan fingerprint density at radius 1 is 1.44 bits per heavy atom. The van der Waals surface area contributed by atoms with Crippen LogP contribution in [-0.2, 0) is 0 Å². The number of hydrogen-bond acceptors (Lipinski definition) is 2. The SMILES string of the molecule is Cc1ccc(N2CCC(C)(C)NC2=O)nc1. The van der Waals surface area contributed by atoms with Gasteiger partial charge in [0.2, 0.25) is 0 Å². The average Bonchev–Trinajstić information content (AvgIpc) is 2.19. The van der Waals surface area contributed by atoms with Gasteiger partial charge in [0.15, 0.2) is 0 Å². The molecule has 1 aliphatic rings. The molecule has 0 saturated carbocycles. The average molecular weight is 219 g/mol. The summed E-state index contributed by atoms with van der Waals surface area (Å²) in [5.41, 5.74) is 0.986.